The van der Waals surface area contributed by atoms with Crippen molar-refractivity contribution in [3.05, 3.63) is 241 Å². The summed E-state index contributed by atoms with van der Waals surface area (Å²) in [5, 5.41) is 10.1. The van der Waals surface area contributed by atoms with Crippen LogP contribution in [0.2, 0.25) is 0 Å². The van der Waals surface area contributed by atoms with Crippen LogP contribution in [0.1, 0.15) is 23.6 Å². The van der Waals surface area contributed by atoms with E-state index in [9.17, 15) is 0 Å². The van der Waals surface area contributed by atoms with E-state index >= 15 is 0 Å². The van der Waals surface area contributed by atoms with Crippen molar-refractivity contribution in [3.63, 3.8) is 0 Å². The minimum Gasteiger partial charge on any atom is -0.0622 e. The van der Waals surface area contributed by atoms with Crippen LogP contribution >= 0.6 is 0 Å². The smallest absolute Gasteiger partial charge is 0.0435 e. The number of hydrogen-bond acceptors (Lipinski definition) is 0. The summed E-state index contributed by atoms with van der Waals surface area (Å²) in [6.07, 6.45) is 0. The molecule has 0 saturated heterocycles. The Kier molecular flexibility index (Phi) is 7.77. The Morgan fingerprint density at radius 3 is 1.53 bits per heavy atom. The molecule has 0 aliphatic heterocycles. The van der Waals surface area contributed by atoms with Gasteiger partial charge in [0.25, 0.3) is 0 Å². The largest absolute Gasteiger partial charge is 0.0622 e. The second-order valence-corrected chi connectivity index (χ2v) is 16.5. The fourth-order valence-corrected chi connectivity index (χ4v) is 10.4. The molecule has 0 heteroatoms. The maximum Gasteiger partial charge on any atom is 0.0435 e. The van der Waals surface area contributed by atoms with Crippen LogP contribution in [0.4, 0.5) is 0 Å². The molecule has 280 valence electrons. The Hall–Kier alpha value is -7.54. The summed E-state index contributed by atoms with van der Waals surface area (Å²) >= 11 is 0. The molecule has 0 nitrogen and oxygen atoms in total. The summed E-state index contributed by atoms with van der Waals surface area (Å²) in [5.74, 6) is 0. The van der Waals surface area contributed by atoms with Gasteiger partial charge in [0.15, 0.2) is 0 Å². The molecule has 1 atom stereocenters. The molecule has 0 N–H and O–H groups in total. The molecule has 0 heterocycles. The second-order valence-electron chi connectivity index (χ2n) is 16.5. The molecule has 1 aliphatic rings. The zero-order chi connectivity index (χ0) is 39.8. The van der Waals surface area contributed by atoms with Gasteiger partial charge in [-0.05, 0) is 147 Å². The van der Waals surface area contributed by atoms with Gasteiger partial charge in [-0.2, -0.15) is 0 Å². The Morgan fingerprint density at radius 1 is 0.283 bits per heavy atom. The van der Waals surface area contributed by atoms with Crippen molar-refractivity contribution in [2.24, 2.45) is 0 Å². The summed E-state index contributed by atoms with van der Waals surface area (Å²) in [6.45, 7) is 2.42. The van der Waals surface area contributed by atoms with E-state index in [2.05, 4.69) is 231 Å². The first-order valence-electron chi connectivity index (χ1n) is 21.0. The Morgan fingerprint density at radius 2 is 0.817 bits per heavy atom. The average molecular weight is 761 g/mol. The zero-order valence-corrected chi connectivity index (χ0v) is 33.4. The van der Waals surface area contributed by atoms with Crippen LogP contribution < -0.4 is 0 Å². The van der Waals surface area contributed by atoms with Gasteiger partial charge in [-0.15, -0.1) is 0 Å². The second kappa shape index (κ2) is 13.5. The van der Waals surface area contributed by atoms with Gasteiger partial charge in [-0.1, -0.05) is 200 Å². The van der Waals surface area contributed by atoms with E-state index in [1.54, 1.807) is 0 Å². The van der Waals surface area contributed by atoms with E-state index in [1.807, 2.05) is 0 Å². The predicted molar refractivity (Wildman–Crippen MR) is 256 cm³/mol. The number of rotatable bonds is 5. The quantitative estimate of drug-likeness (QED) is 0.121. The maximum absolute atomic E-state index is 2.48. The number of fused-ring (bicyclic) bond motifs is 8. The topological polar surface area (TPSA) is 0 Å². The average Bonchev–Trinajstić information content (AvgIpc) is 3.57. The molecule has 0 spiro atoms. The minimum atomic E-state index is -0.312. The molecule has 0 aromatic heterocycles. The van der Waals surface area contributed by atoms with Gasteiger partial charge in [0, 0.05) is 5.41 Å². The van der Waals surface area contributed by atoms with Crippen LogP contribution in [0.5, 0.6) is 0 Å². The fraction of sp³-hybridized carbons (Fsp3) is 0.0333. The van der Waals surface area contributed by atoms with Crippen LogP contribution in [0.25, 0.3) is 98.7 Å². The molecular formula is C60H40. The lowest BCUT2D eigenvalue weighted by molar-refractivity contribution is 0.715. The summed E-state index contributed by atoms with van der Waals surface area (Å²) in [7, 11) is 0. The van der Waals surface area contributed by atoms with Crippen molar-refractivity contribution in [1.82, 2.24) is 0 Å². The lowest BCUT2D eigenvalue weighted by Crippen LogP contribution is -2.22. The first kappa shape index (κ1) is 34.5. The SMILES string of the molecule is CC1(c2ccccc2)c2cc(-c3ccc(-c4c5ccccc5c(-c5ccccc5)c5ccc6ccccc6c45)c(-c4ccccc4)c3)ccc2-c2cc3ccccc3cc21. The molecule has 0 amide bonds. The van der Waals surface area contributed by atoms with Crippen molar-refractivity contribution >= 4 is 43.1 Å². The molecular weight excluding hydrogens is 721 g/mol. The molecule has 12 rings (SSSR count). The minimum absolute atomic E-state index is 0.312. The highest BCUT2D eigenvalue weighted by atomic mass is 14.4. The highest BCUT2D eigenvalue weighted by molar-refractivity contribution is 6.28. The molecule has 0 radical (unpaired) electrons. The fourth-order valence-electron chi connectivity index (χ4n) is 10.4. The zero-order valence-electron chi connectivity index (χ0n) is 33.4. The van der Waals surface area contributed by atoms with Gasteiger partial charge in [0.1, 0.15) is 0 Å². The molecule has 1 unspecified atom stereocenters. The van der Waals surface area contributed by atoms with Gasteiger partial charge in [0.05, 0.1) is 0 Å². The molecule has 60 heavy (non-hydrogen) atoms. The van der Waals surface area contributed by atoms with Crippen molar-refractivity contribution in [2.45, 2.75) is 12.3 Å². The number of benzene rings is 11. The molecule has 0 saturated carbocycles. The Labute approximate surface area is 350 Å². The van der Waals surface area contributed by atoms with E-state index in [0.29, 0.717) is 0 Å². The van der Waals surface area contributed by atoms with Crippen LogP contribution in [0, 0.1) is 0 Å². The van der Waals surface area contributed by atoms with Crippen molar-refractivity contribution in [1.29, 1.82) is 0 Å². The summed E-state index contributed by atoms with van der Waals surface area (Å²) < 4.78 is 0. The standard InChI is InChI=1S/C60H40/c1-60(46-24-9-4-10-25-46)55-38-45(30-32-48(55)54-36-42-22-11-12-23-43(42)37-56(54)60)44-31-33-51(53(35-44)39-17-5-2-6-18-39)59-50-28-16-15-27-49(50)57(41-20-7-3-8-21-41)52-34-29-40-19-13-14-26-47(40)58(52)59/h2-38H,1H3. The summed E-state index contributed by atoms with van der Waals surface area (Å²) in [4.78, 5) is 0. The van der Waals surface area contributed by atoms with Crippen molar-refractivity contribution < 1.29 is 0 Å². The van der Waals surface area contributed by atoms with E-state index < -0.39 is 0 Å². The highest BCUT2D eigenvalue weighted by Crippen LogP contribution is 2.55. The molecule has 11 aromatic rings. The lowest BCUT2D eigenvalue weighted by atomic mass is 9.73. The predicted octanol–water partition coefficient (Wildman–Crippen LogP) is 16.3. The lowest BCUT2D eigenvalue weighted by Gasteiger charge is -2.29. The first-order chi connectivity index (χ1) is 29.6. The van der Waals surface area contributed by atoms with Gasteiger partial charge in [0.2, 0.25) is 0 Å². The molecule has 0 fully saturated rings. The third kappa shape index (κ3) is 5.17. The van der Waals surface area contributed by atoms with Gasteiger partial charge < -0.3 is 0 Å². The van der Waals surface area contributed by atoms with Crippen LogP contribution in [0.3, 0.4) is 0 Å². The van der Waals surface area contributed by atoms with Crippen LogP contribution in [-0.2, 0) is 5.41 Å². The van der Waals surface area contributed by atoms with E-state index in [-0.39, 0.29) is 5.41 Å². The summed E-state index contributed by atoms with van der Waals surface area (Å²) in [6, 6.07) is 83.5. The first-order valence-corrected chi connectivity index (χ1v) is 21.0. The third-order valence-corrected chi connectivity index (χ3v) is 13.3. The Bertz CT molecular complexity index is 3470. The van der Waals surface area contributed by atoms with Crippen molar-refractivity contribution in [2.75, 3.05) is 0 Å². The summed E-state index contributed by atoms with van der Waals surface area (Å²) in [5.41, 5.74) is 16.2. The van der Waals surface area contributed by atoms with Gasteiger partial charge in [-0.25, -0.2) is 0 Å². The number of hydrogen-bond donors (Lipinski definition) is 0. The Balaban J connectivity index is 1.13. The molecule has 1 aliphatic carbocycles. The van der Waals surface area contributed by atoms with Gasteiger partial charge in [-0.3, -0.25) is 0 Å². The van der Waals surface area contributed by atoms with E-state index in [0.717, 1.165) is 0 Å². The van der Waals surface area contributed by atoms with Crippen LogP contribution in [0.15, 0.2) is 224 Å². The maximum atomic E-state index is 2.48. The van der Waals surface area contributed by atoms with Crippen LogP contribution in [-0.4, -0.2) is 0 Å². The normalized spacial score (nSPS) is 14.5. The highest BCUT2D eigenvalue weighted by Gasteiger charge is 2.41. The monoisotopic (exact) mass is 760 g/mol. The third-order valence-electron chi connectivity index (χ3n) is 13.3. The van der Waals surface area contributed by atoms with Crippen molar-refractivity contribution in [3.8, 4) is 55.6 Å². The molecule has 0 bridgehead atoms. The van der Waals surface area contributed by atoms with E-state index in [4.69, 9.17) is 0 Å². The molecule has 11 aromatic carbocycles. The van der Waals surface area contributed by atoms with E-state index in [1.165, 1.54) is 115 Å². The van der Waals surface area contributed by atoms with Gasteiger partial charge >= 0.3 is 0 Å².